The van der Waals surface area contributed by atoms with Crippen LogP contribution in [-0.4, -0.2) is 18.8 Å². The molecule has 1 aliphatic heterocycles. The van der Waals surface area contributed by atoms with Gasteiger partial charge in [0.05, 0.1) is 11.4 Å². The number of hydrogen-bond acceptors (Lipinski definition) is 3. The first kappa shape index (κ1) is 23.0. The first-order valence-corrected chi connectivity index (χ1v) is 10.8. The number of hydrogen-bond donors (Lipinski definition) is 1. The smallest absolute Gasteiger partial charge is 0.165 e. The molecule has 1 fully saturated rings. The van der Waals surface area contributed by atoms with E-state index in [2.05, 4.69) is 0 Å². The Morgan fingerprint density at radius 2 is 1.68 bits per heavy atom. The molecule has 1 aliphatic carbocycles. The van der Waals surface area contributed by atoms with Crippen molar-refractivity contribution >= 4 is 23.4 Å². The number of halogens is 3. The van der Waals surface area contributed by atoms with Gasteiger partial charge in [-0.15, -0.1) is 11.8 Å². The summed E-state index contributed by atoms with van der Waals surface area (Å²) in [5.41, 5.74) is 0.401. The second-order valence-corrected chi connectivity index (χ2v) is 8.27. The lowest BCUT2D eigenvalue weighted by Crippen LogP contribution is -2.43. The topological polar surface area (TPSA) is 29.5 Å². The van der Waals surface area contributed by atoms with Gasteiger partial charge in [-0.25, -0.2) is 8.78 Å². The summed E-state index contributed by atoms with van der Waals surface area (Å²) in [6, 6.07) is 9.93. The predicted molar refractivity (Wildman–Crippen MR) is 112 cm³/mol. The highest BCUT2D eigenvalue weighted by atomic mass is 35.5. The summed E-state index contributed by atoms with van der Waals surface area (Å²) >= 11 is 7.60. The van der Waals surface area contributed by atoms with E-state index in [9.17, 15) is 8.78 Å². The third-order valence-electron chi connectivity index (χ3n) is 5.03. The summed E-state index contributed by atoms with van der Waals surface area (Å²) in [5, 5.41) is 7.67. The molecular formula is C22H27ClF2O2S. The van der Waals surface area contributed by atoms with Crippen molar-refractivity contribution in [2.45, 2.75) is 49.2 Å². The Morgan fingerprint density at radius 3 is 2.36 bits per heavy atom. The van der Waals surface area contributed by atoms with E-state index in [4.69, 9.17) is 21.4 Å². The fourth-order valence-electron chi connectivity index (χ4n) is 3.91. The predicted octanol–water partition coefficient (Wildman–Crippen LogP) is 6.82. The Bertz CT molecular complexity index is 770. The highest BCUT2D eigenvalue weighted by Crippen LogP contribution is 2.59. The van der Waals surface area contributed by atoms with Crippen molar-refractivity contribution in [1.29, 1.82) is 0 Å². The van der Waals surface area contributed by atoms with Crippen molar-refractivity contribution in [3.8, 4) is 5.75 Å². The van der Waals surface area contributed by atoms with Crippen molar-refractivity contribution in [1.82, 2.24) is 0 Å². The van der Waals surface area contributed by atoms with Crippen LogP contribution in [0.4, 0.5) is 8.78 Å². The van der Waals surface area contributed by atoms with Gasteiger partial charge >= 0.3 is 0 Å². The lowest BCUT2D eigenvalue weighted by atomic mass is 9.73. The highest BCUT2D eigenvalue weighted by molar-refractivity contribution is 8.00. The molecular weight excluding hydrogens is 402 g/mol. The fourth-order valence-corrected chi connectivity index (χ4v) is 5.62. The van der Waals surface area contributed by atoms with E-state index < -0.39 is 10.6 Å². The van der Waals surface area contributed by atoms with Gasteiger partial charge in [0, 0.05) is 28.5 Å². The van der Waals surface area contributed by atoms with Crippen LogP contribution in [0.2, 0.25) is 5.02 Å². The third kappa shape index (κ3) is 4.47. The van der Waals surface area contributed by atoms with E-state index in [1.807, 2.05) is 38.1 Å². The van der Waals surface area contributed by atoms with Crippen LogP contribution in [0.5, 0.6) is 5.75 Å². The summed E-state index contributed by atoms with van der Waals surface area (Å²) < 4.78 is 34.2. The van der Waals surface area contributed by atoms with E-state index >= 15 is 0 Å². The first-order valence-electron chi connectivity index (χ1n) is 9.61. The van der Waals surface area contributed by atoms with Gasteiger partial charge in [0.15, 0.2) is 11.6 Å². The number of fused-ring (bicyclic) bond motifs is 3. The van der Waals surface area contributed by atoms with Gasteiger partial charge in [0.1, 0.15) is 5.82 Å². The molecule has 2 aromatic carbocycles. The summed E-state index contributed by atoms with van der Waals surface area (Å²) in [6.07, 6.45) is 3.90. The molecule has 4 rings (SSSR count). The van der Waals surface area contributed by atoms with Crippen LogP contribution >= 0.6 is 23.4 Å². The maximum atomic E-state index is 14.8. The van der Waals surface area contributed by atoms with Crippen LogP contribution in [0.3, 0.4) is 0 Å². The molecule has 0 bridgehead atoms. The van der Waals surface area contributed by atoms with Gasteiger partial charge in [-0.1, -0.05) is 38.3 Å². The molecule has 2 nitrogen and oxygen atoms in total. The first-order chi connectivity index (χ1) is 13.6. The standard InChI is InChI=1S/C19H17ClF2OS.C2H6.CH4O/c20-13-4-6-14(7-5-13)24-19-10-2-1-3-12(19)11-23-18-16(22)9-8-15(21)17(18)19;2*1-2/h4-9,12H,1-3,10-11H2;1-2H3;2H,1H3/t12?,19-;;/m0../s1. The average Bonchev–Trinajstić information content (AvgIpc) is 2.75. The Balaban J connectivity index is 0.000000660. The number of ether oxygens (including phenoxy) is 1. The number of aliphatic hydroxyl groups excluding tert-OH is 1. The minimum Gasteiger partial charge on any atom is -0.490 e. The van der Waals surface area contributed by atoms with Crippen LogP contribution in [0, 0.1) is 17.6 Å². The van der Waals surface area contributed by atoms with E-state index in [1.54, 1.807) is 11.8 Å². The summed E-state index contributed by atoms with van der Waals surface area (Å²) in [7, 11) is 1.00. The van der Waals surface area contributed by atoms with E-state index in [1.165, 1.54) is 6.07 Å². The van der Waals surface area contributed by atoms with E-state index in [0.29, 0.717) is 17.2 Å². The molecule has 0 radical (unpaired) electrons. The van der Waals surface area contributed by atoms with Crippen molar-refractivity contribution in [2.75, 3.05) is 13.7 Å². The van der Waals surface area contributed by atoms with Crippen molar-refractivity contribution in [3.63, 3.8) is 0 Å². The maximum absolute atomic E-state index is 14.8. The Hall–Kier alpha value is -1.30. The number of rotatable bonds is 2. The number of aliphatic hydroxyl groups is 1. The SMILES string of the molecule is CC.CO.Fc1ccc(F)c2c1OCC1CCCC[C@@]21Sc1ccc(Cl)cc1. The average molecular weight is 429 g/mol. The van der Waals surface area contributed by atoms with Gasteiger partial charge in [0.25, 0.3) is 0 Å². The van der Waals surface area contributed by atoms with Crippen LogP contribution < -0.4 is 4.74 Å². The zero-order valence-electron chi connectivity index (χ0n) is 16.5. The van der Waals surface area contributed by atoms with Crippen molar-refractivity contribution in [3.05, 3.63) is 58.6 Å². The molecule has 0 amide bonds. The molecule has 1 unspecified atom stereocenters. The molecule has 1 heterocycles. The lowest BCUT2D eigenvalue weighted by Gasteiger charge is -2.47. The summed E-state index contributed by atoms with van der Waals surface area (Å²) in [5.74, 6) is -0.587. The molecule has 2 aromatic rings. The molecule has 154 valence electrons. The second-order valence-electron chi connectivity index (χ2n) is 6.43. The lowest BCUT2D eigenvalue weighted by molar-refractivity contribution is 0.130. The Kier molecular flexibility index (Phi) is 8.59. The zero-order chi connectivity index (χ0) is 20.7. The maximum Gasteiger partial charge on any atom is 0.165 e. The summed E-state index contributed by atoms with van der Waals surface area (Å²) in [4.78, 5) is 1.02. The molecule has 6 heteroatoms. The largest absolute Gasteiger partial charge is 0.490 e. The molecule has 0 saturated heterocycles. The quantitative estimate of drug-likeness (QED) is 0.568. The number of thioether (sulfide) groups is 1. The van der Waals surface area contributed by atoms with Crippen LogP contribution in [0.1, 0.15) is 45.1 Å². The Morgan fingerprint density at radius 1 is 1.04 bits per heavy atom. The minimum absolute atomic E-state index is 0.0922. The zero-order valence-corrected chi connectivity index (χ0v) is 18.0. The fraction of sp³-hybridized carbons (Fsp3) is 0.455. The van der Waals surface area contributed by atoms with Crippen molar-refractivity contribution < 1.29 is 18.6 Å². The monoisotopic (exact) mass is 428 g/mol. The molecule has 28 heavy (non-hydrogen) atoms. The molecule has 1 saturated carbocycles. The summed E-state index contributed by atoms with van der Waals surface area (Å²) in [6.45, 7) is 4.44. The normalized spacial score (nSPS) is 22.3. The van der Waals surface area contributed by atoms with Gasteiger partial charge in [0.2, 0.25) is 0 Å². The van der Waals surface area contributed by atoms with Gasteiger partial charge in [-0.3, -0.25) is 0 Å². The van der Waals surface area contributed by atoms with Crippen molar-refractivity contribution in [2.24, 2.45) is 5.92 Å². The molecule has 1 N–H and O–H groups in total. The molecule has 2 atom stereocenters. The second kappa shape index (κ2) is 10.5. The third-order valence-corrected chi connectivity index (χ3v) is 6.90. The van der Waals surface area contributed by atoms with E-state index in [0.717, 1.165) is 43.8 Å². The van der Waals surface area contributed by atoms with Gasteiger partial charge < -0.3 is 9.84 Å². The van der Waals surface area contributed by atoms with Crippen LogP contribution in [0.25, 0.3) is 0 Å². The molecule has 2 aliphatic rings. The van der Waals surface area contributed by atoms with Gasteiger partial charge in [-0.05, 0) is 49.2 Å². The molecule has 0 aromatic heterocycles. The van der Waals surface area contributed by atoms with Crippen LogP contribution in [-0.2, 0) is 4.75 Å². The number of benzene rings is 2. The Labute approximate surface area is 175 Å². The van der Waals surface area contributed by atoms with E-state index in [-0.39, 0.29) is 17.5 Å². The van der Waals surface area contributed by atoms with Gasteiger partial charge in [-0.2, -0.15) is 0 Å². The minimum atomic E-state index is -0.480. The van der Waals surface area contributed by atoms with Crippen LogP contribution in [0.15, 0.2) is 41.3 Å². The molecule has 0 spiro atoms. The highest BCUT2D eigenvalue weighted by Gasteiger charge is 2.50.